The number of carbonyl (C=O) groups is 1. The second kappa shape index (κ2) is 6.03. The fourth-order valence-corrected chi connectivity index (χ4v) is 2.99. The first kappa shape index (κ1) is 15.8. The maximum Gasteiger partial charge on any atom is 0.253 e. The predicted molar refractivity (Wildman–Crippen MR) is 79.6 cm³/mol. The van der Waals surface area contributed by atoms with Gasteiger partial charge < -0.3 is 19.8 Å². The topological polar surface area (TPSA) is 70.0 Å². The standard InChI is InChI=1S/C16H23NO4/c1-11-7-13(8-12(2)14(11)21-3)15(19)17-6-4-5-16(20,9-17)10-18/h7-8,18,20H,4-6,9-10H2,1-3H3. The summed E-state index contributed by atoms with van der Waals surface area (Å²) >= 11 is 0. The number of piperidine rings is 1. The zero-order valence-electron chi connectivity index (χ0n) is 12.8. The molecule has 0 aliphatic carbocycles. The number of aliphatic hydroxyl groups is 2. The van der Waals surface area contributed by atoms with E-state index in [0.717, 1.165) is 16.9 Å². The van der Waals surface area contributed by atoms with Gasteiger partial charge in [-0.15, -0.1) is 0 Å². The molecule has 0 spiro atoms. The fourth-order valence-electron chi connectivity index (χ4n) is 2.99. The van der Waals surface area contributed by atoms with Gasteiger partial charge in [-0.25, -0.2) is 0 Å². The van der Waals surface area contributed by atoms with E-state index in [4.69, 9.17) is 4.74 Å². The van der Waals surface area contributed by atoms with E-state index < -0.39 is 5.60 Å². The molecule has 1 amide bonds. The van der Waals surface area contributed by atoms with Crippen molar-refractivity contribution in [2.24, 2.45) is 0 Å². The van der Waals surface area contributed by atoms with E-state index in [1.165, 1.54) is 0 Å². The van der Waals surface area contributed by atoms with Crippen LogP contribution in [0.5, 0.6) is 5.75 Å². The van der Waals surface area contributed by atoms with Crippen LogP contribution in [0.25, 0.3) is 0 Å². The van der Waals surface area contributed by atoms with E-state index in [9.17, 15) is 15.0 Å². The minimum absolute atomic E-state index is 0.115. The number of likely N-dealkylation sites (tertiary alicyclic amines) is 1. The lowest BCUT2D eigenvalue weighted by Crippen LogP contribution is -2.52. The number of ether oxygens (including phenoxy) is 1. The highest BCUT2D eigenvalue weighted by Crippen LogP contribution is 2.27. The number of nitrogens with zero attached hydrogens (tertiary/aromatic N) is 1. The van der Waals surface area contributed by atoms with Gasteiger partial charge in [-0.1, -0.05) is 0 Å². The van der Waals surface area contributed by atoms with Crippen molar-refractivity contribution in [1.29, 1.82) is 0 Å². The van der Waals surface area contributed by atoms with Crippen LogP contribution in [0.1, 0.15) is 34.3 Å². The lowest BCUT2D eigenvalue weighted by Gasteiger charge is -2.38. The van der Waals surface area contributed by atoms with Gasteiger partial charge in [0.05, 0.1) is 20.3 Å². The summed E-state index contributed by atoms with van der Waals surface area (Å²) in [4.78, 5) is 14.2. The molecular formula is C16H23NO4. The zero-order chi connectivity index (χ0) is 15.6. The Morgan fingerprint density at radius 1 is 1.38 bits per heavy atom. The number of hydrogen-bond donors (Lipinski definition) is 2. The van der Waals surface area contributed by atoms with Crippen molar-refractivity contribution in [3.63, 3.8) is 0 Å². The highest BCUT2D eigenvalue weighted by atomic mass is 16.5. The van der Waals surface area contributed by atoms with Crippen LogP contribution < -0.4 is 4.74 Å². The third-order valence-corrected chi connectivity index (χ3v) is 4.05. The Morgan fingerprint density at radius 3 is 2.52 bits per heavy atom. The minimum atomic E-state index is -1.18. The Morgan fingerprint density at radius 2 is 2.00 bits per heavy atom. The van der Waals surface area contributed by atoms with Crippen molar-refractivity contribution in [3.05, 3.63) is 28.8 Å². The van der Waals surface area contributed by atoms with Crippen LogP contribution in [0.4, 0.5) is 0 Å². The van der Waals surface area contributed by atoms with Crippen LogP contribution in [0, 0.1) is 13.8 Å². The molecule has 2 N–H and O–H groups in total. The maximum atomic E-state index is 12.6. The van der Waals surface area contributed by atoms with Crippen LogP contribution in [0.2, 0.25) is 0 Å². The molecule has 1 aliphatic heterocycles. The molecule has 1 aromatic rings. The van der Waals surface area contributed by atoms with Gasteiger partial charge in [0, 0.05) is 12.1 Å². The van der Waals surface area contributed by atoms with Crippen LogP contribution in [-0.2, 0) is 0 Å². The normalized spacial score (nSPS) is 22.2. The van der Waals surface area contributed by atoms with Gasteiger partial charge in [-0.2, -0.15) is 0 Å². The predicted octanol–water partition coefficient (Wildman–Crippen LogP) is 1.27. The molecular weight excluding hydrogens is 270 g/mol. The Labute approximate surface area is 125 Å². The fraction of sp³-hybridized carbons (Fsp3) is 0.562. The highest BCUT2D eigenvalue weighted by molar-refractivity contribution is 5.95. The molecule has 1 heterocycles. The number of hydrogen-bond acceptors (Lipinski definition) is 4. The van der Waals surface area contributed by atoms with Gasteiger partial charge in [0.2, 0.25) is 0 Å². The summed E-state index contributed by atoms with van der Waals surface area (Å²) in [7, 11) is 1.61. The molecule has 2 rings (SSSR count). The zero-order valence-corrected chi connectivity index (χ0v) is 12.8. The molecule has 0 radical (unpaired) electrons. The maximum absolute atomic E-state index is 12.6. The van der Waals surface area contributed by atoms with E-state index in [-0.39, 0.29) is 19.1 Å². The van der Waals surface area contributed by atoms with E-state index >= 15 is 0 Å². The third-order valence-electron chi connectivity index (χ3n) is 4.05. The number of benzene rings is 1. The Bertz CT molecular complexity index is 520. The lowest BCUT2D eigenvalue weighted by molar-refractivity contribution is -0.0598. The van der Waals surface area contributed by atoms with E-state index in [1.807, 2.05) is 13.8 Å². The number of methoxy groups -OCH3 is 1. The molecule has 5 nitrogen and oxygen atoms in total. The second-order valence-electron chi connectivity index (χ2n) is 5.86. The first-order chi connectivity index (χ1) is 9.90. The average molecular weight is 293 g/mol. The number of rotatable bonds is 3. The van der Waals surface area contributed by atoms with Crippen molar-refractivity contribution in [3.8, 4) is 5.75 Å². The van der Waals surface area contributed by atoms with Crippen molar-refractivity contribution in [2.45, 2.75) is 32.3 Å². The quantitative estimate of drug-likeness (QED) is 0.880. The third kappa shape index (κ3) is 3.19. The van der Waals surface area contributed by atoms with Gasteiger partial charge >= 0.3 is 0 Å². The minimum Gasteiger partial charge on any atom is -0.496 e. The van der Waals surface area contributed by atoms with Crippen molar-refractivity contribution in [2.75, 3.05) is 26.8 Å². The summed E-state index contributed by atoms with van der Waals surface area (Å²) in [5.41, 5.74) is 1.24. The molecule has 1 fully saturated rings. The van der Waals surface area contributed by atoms with E-state index in [1.54, 1.807) is 24.1 Å². The summed E-state index contributed by atoms with van der Waals surface area (Å²) in [5, 5.41) is 19.4. The van der Waals surface area contributed by atoms with Crippen LogP contribution >= 0.6 is 0 Å². The van der Waals surface area contributed by atoms with Crippen LogP contribution in [0.3, 0.4) is 0 Å². The van der Waals surface area contributed by atoms with Crippen LogP contribution in [-0.4, -0.2) is 53.4 Å². The molecule has 1 atom stereocenters. The molecule has 0 aromatic heterocycles. The van der Waals surface area contributed by atoms with Gasteiger partial charge in [0.15, 0.2) is 0 Å². The Kier molecular flexibility index (Phi) is 4.54. The average Bonchev–Trinajstić information content (AvgIpc) is 2.46. The van der Waals surface area contributed by atoms with Gasteiger partial charge in [-0.3, -0.25) is 4.79 Å². The van der Waals surface area contributed by atoms with Crippen molar-refractivity contribution >= 4 is 5.91 Å². The Balaban J connectivity index is 2.24. The molecule has 116 valence electrons. The summed E-state index contributed by atoms with van der Waals surface area (Å²) < 4.78 is 5.31. The highest BCUT2D eigenvalue weighted by Gasteiger charge is 2.35. The molecule has 1 unspecified atom stereocenters. The largest absolute Gasteiger partial charge is 0.496 e. The van der Waals surface area contributed by atoms with E-state index in [2.05, 4.69) is 0 Å². The van der Waals surface area contributed by atoms with Crippen molar-refractivity contribution < 1.29 is 19.7 Å². The lowest BCUT2D eigenvalue weighted by atomic mass is 9.93. The van der Waals surface area contributed by atoms with Gasteiger partial charge in [-0.05, 0) is 49.9 Å². The first-order valence-electron chi connectivity index (χ1n) is 7.18. The summed E-state index contributed by atoms with van der Waals surface area (Å²) in [6, 6.07) is 3.61. The Hall–Kier alpha value is -1.59. The SMILES string of the molecule is COc1c(C)cc(C(=O)N2CCCC(O)(CO)C2)cc1C. The van der Waals surface area contributed by atoms with Gasteiger partial charge in [0.25, 0.3) is 5.91 Å². The molecule has 0 bridgehead atoms. The molecule has 5 heteroatoms. The molecule has 1 aromatic carbocycles. The monoisotopic (exact) mass is 293 g/mol. The summed E-state index contributed by atoms with van der Waals surface area (Å²) in [6.45, 7) is 4.26. The summed E-state index contributed by atoms with van der Waals surface area (Å²) in [5.74, 6) is 0.674. The molecule has 0 saturated carbocycles. The number of aryl methyl sites for hydroxylation is 2. The number of β-amino-alcohol motifs (C(OH)–C–C–N with tert-alkyl or cyclic N) is 1. The molecule has 1 aliphatic rings. The second-order valence-corrected chi connectivity index (χ2v) is 5.86. The van der Waals surface area contributed by atoms with Gasteiger partial charge in [0.1, 0.15) is 11.4 Å². The molecule has 21 heavy (non-hydrogen) atoms. The van der Waals surface area contributed by atoms with Crippen molar-refractivity contribution in [1.82, 2.24) is 4.90 Å². The number of amides is 1. The number of aliphatic hydroxyl groups excluding tert-OH is 1. The summed E-state index contributed by atoms with van der Waals surface area (Å²) in [6.07, 6.45) is 1.21. The number of carbonyl (C=O) groups excluding carboxylic acids is 1. The molecule has 1 saturated heterocycles. The van der Waals surface area contributed by atoms with E-state index in [0.29, 0.717) is 24.9 Å². The smallest absolute Gasteiger partial charge is 0.253 e. The first-order valence-corrected chi connectivity index (χ1v) is 7.18. The van der Waals surface area contributed by atoms with Crippen LogP contribution in [0.15, 0.2) is 12.1 Å².